The van der Waals surface area contributed by atoms with Gasteiger partial charge in [-0.05, 0) is 31.5 Å². The molecule has 2 nitrogen and oxygen atoms in total. The molecule has 0 heterocycles. The number of benzene rings is 1. The number of ether oxygens (including phenoxy) is 1. The van der Waals surface area contributed by atoms with Crippen molar-refractivity contribution in [1.82, 2.24) is 5.32 Å². The zero-order valence-corrected chi connectivity index (χ0v) is 12.3. The standard InChI is InChI=1S/C14H21Cl2NO/c1-2-14(11-15,12-16)17-9-6-10-18-13-7-4-3-5-8-13/h3-5,7-8,17H,2,6,9-12H2,1H3. The molecule has 0 saturated heterocycles. The van der Waals surface area contributed by atoms with Crippen molar-refractivity contribution in [2.75, 3.05) is 24.9 Å². The number of hydrogen-bond acceptors (Lipinski definition) is 2. The first kappa shape index (κ1) is 15.6. The molecule has 0 aliphatic carbocycles. The van der Waals surface area contributed by atoms with Gasteiger partial charge in [-0.1, -0.05) is 25.1 Å². The number of rotatable bonds is 9. The largest absolute Gasteiger partial charge is 0.494 e. The molecule has 0 aliphatic rings. The summed E-state index contributed by atoms with van der Waals surface area (Å²) in [6, 6.07) is 9.83. The van der Waals surface area contributed by atoms with Gasteiger partial charge in [0, 0.05) is 17.3 Å². The minimum Gasteiger partial charge on any atom is -0.494 e. The predicted molar refractivity (Wildman–Crippen MR) is 79.0 cm³/mol. The molecule has 0 radical (unpaired) electrons. The molecule has 0 fully saturated rings. The fourth-order valence-corrected chi connectivity index (χ4v) is 2.43. The van der Waals surface area contributed by atoms with E-state index in [4.69, 9.17) is 27.9 Å². The Morgan fingerprint density at radius 1 is 1.17 bits per heavy atom. The van der Waals surface area contributed by atoms with Crippen LogP contribution >= 0.6 is 23.2 Å². The van der Waals surface area contributed by atoms with Crippen molar-refractivity contribution in [2.24, 2.45) is 0 Å². The summed E-state index contributed by atoms with van der Waals surface area (Å²) in [7, 11) is 0. The van der Waals surface area contributed by atoms with E-state index < -0.39 is 0 Å². The van der Waals surface area contributed by atoms with Crippen molar-refractivity contribution in [3.05, 3.63) is 30.3 Å². The average molecular weight is 290 g/mol. The van der Waals surface area contributed by atoms with Crippen LogP contribution in [-0.2, 0) is 0 Å². The van der Waals surface area contributed by atoms with Gasteiger partial charge in [0.2, 0.25) is 0 Å². The second kappa shape index (κ2) is 8.63. The third-order valence-electron chi connectivity index (χ3n) is 3.02. The Kier molecular flexibility index (Phi) is 7.48. The van der Waals surface area contributed by atoms with Crippen LogP contribution in [0.3, 0.4) is 0 Å². The van der Waals surface area contributed by atoms with Crippen LogP contribution in [0.25, 0.3) is 0 Å². The van der Waals surface area contributed by atoms with E-state index in [1.165, 1.54) is 0 Å². The summed E-state index contributed by atoms with van der Waals surface area (Å²) in [5, 5.41) is 3.42. The highest BCUT2D eigenvalue weighted by atomic mass is 35.5. The maximum atomic E-state index is 5.96. The van der Waals surface area contributed by atoms with Crippen LogP contribution in [0.1, 0.15) is 19.8 Å². The lowest BCUT2D eigenvalue weighted by Crippen LogP contribution is -2.49. The van der Waals surface area contributed by atoms with Crippen LogP contribution in [0, 0.1) is 0 Å². The number of para-hydroxylation sites is 1. The van der Waals surface area contributed by atoms with E-state index in [1.54, 1.807) is 0 Å². The summed E-state index contributed by atoms with van der Waals surface area (Å²) in [6.07, 6.45) is 1.87. The second-order valence-electron chi connectivity index (χ2n) is 4.34. The van der Waals surface area contributed by atoms with Gasteiger partial charge in [-0.2, -0.15) is 0 Å². The third kappa shape index (κ3) is 5.05. The van der Waals surface area contributed by atoms with Gasteiger partial charge in [0.1, 0.15) is 5.75 Å². The molecule has 0 atom stereocenters. The smallest absolute Gasteiger partial charge is 0.119 e. The summed E-state index contributed by atoms with van der Waals surface area (Å²) in [4.78, 5) is 0. The van der Waals surface area contributed by atoms with Crippen molar-refractivity contribution in [3.8, 4) is 5.75 Å². The Hall–Kier alpha value is -0.440. The van der Waals surface area contributed by atoms with E-state index in [9.17, 15) is 0 Å². The zero-order chi connectivity index (χ0) is 13.3. The summed E-state index contributed by atoms with van der Waals surface area (Å²) in [5.74, 6) is 1.98. The van der Waals surface area contributed by atoms with Gasteiger partial charge in [0.05, 0.1) is 6.61 Å². The maximum Gasteiger partial charge on any atom is 0.119 e. The molecule has 0 aromatic heterocycles. The van der Waals surface area contributed by atoms with Crippen molar-refractivity contribution < 1.29 is 4.74 Å². The van der Waals surface area contributed by atoms with Crippen LogP contribution < -0.4 is 10.1 Å². The Bertz CT molecular complexity index is 307. The van der Waals surface area contributed by atoms with Gasteiger partial charge >= 0.3 is 0 Å². The monoisotopic (exact) mass is 289 g/mol. The van der Waals surface area contributed by atoms with E-state index in [2.05, 4.69) is 12.2 Å². The highest BCUT2D eigenvalue weighted by Gasteiger charge is 2.24. The van der Waals surface area contributed by atoms with Crippen LogP contribution in [0.15, 0.2) is 30.3 Å². The van der Waals surface area contributed by atoms with Crippen LogP contribution in [-0.4, -0.2) is 30.5 Å². The van der Waals surface area contributed by atoms with Gasteiger partial charge in [0.15, 0.2) is 0 Å². The predicted octanol–water partition coefficient (Wildman–Crippen LogP) is 3.67. The first-order valence-electron chi connectivity index (χ1n) is 6.31. The van der Waals surface area contributed by atoms with E-state index in [-0.39, 0.29) is 5.54 Å². The zero-order valence-electron chi connectivity index (χ0n) is 10.8. The molecule has 1 N–H and O–H groups in total. The molecule has 18 heavy (non-hydrogen) atoms. The molecule has 0 unspecified atom stereocenters. The van der Waals surface area contributed by atoms with E-state index in [1.807, 2.05) is 30.3 Å². The van der Waals surface area contributed by atoms with Crippen LogP contribution in [0.2, 0.25) is 0 Å². The van der Waals surface area contributed by atoms with Crippen molar-refractivity contribution in [1.29, 1.82) is 0 Å². The molecule has 0 spiro atoms. The molecule has 102 valence electrons. The topological polar surface area (TPSA) is 21.3 Å². The quantitative estimate of drug-likeness (QED) is 0.553. The molecule has 4 heteroatoms. The Morgan fingerprint density at radius 2 is 1.83 bits per heavy atom. The van der Waals surface area contributed by atoms with Crippen molar-refractivity contribution in [2.45, 2.75) is 25.3 Å². The lowest BCUT2D eigenvalue weighted by molar-refractivity contribution is 0.294. The third-order valence-corrected chi connectivity index (χ3v) is 4.04. The molecule has 0 amide bonds. The molecular formula is C14H21Cl2NO. The fraction of sp³-hybridized carbons (Fsp3) is 0.571. The lowest BCUT2D eigenvalue weighted by Gasteiger charge is -2.29. The summed E-state index contributed by atoms with van der Waals surface area (Å²) in [6.45, 7) is 3.65. The summed E-state index contributed by atoms with van der Waals surface area (Å²) in [5.41, 5.74) is -0.143. The SMILES string of the molecule is CCC(CCl)(CCl)NCCCOc1ccccc1. The molecule has 0 saturated carbocycles. The molecular weight excluding hydrogens is 269 g/mol. The van der Waals surface area contributed by atoms with E-state index in [0.717, 1.165) is 25.1 Å². The Balaban J connectivity index is 2.18. The first-order chi connectivity index (χ1) is 8.76. The Morgan fingerprint density at radius 3 is 2.39 bits per heavy atom. The number of alkyl halides is 2. The maximum absolute atomic E-state index is 5.96. The Labute approximate surface area is 120 Å². The van der Waals surface area contributed by atoms with Gasteiger partial charge < -0.3 is 10.1 Å². The van der Waals surface area contributed by atoms with Gasteiger partial charge in [-0.15, -0.1) is 23.2 Å². The van der Waals surface area contributed by atoms with Crippen LogP contribution in [0.4, 0.5) is 0 Å². The molecule has 1 aromatic rings. The van der Waals surface area contributed by atoms with Gasteiger partial charge in [0.25, 0.3) is 0 Å². The van der Waals surface area contributed by atoms with Gasteiger partial charge in [-0.25, -0.2) is 0 Å². The first-order valence-corrected chi connectivity index (χ1v) is 7.38. The minimum absolute atomic E-state index is 0.143. The summed E-state index contributed by atoms with van der Waals surface area (Å²) < 4.78 is 5.62. The summed E-state index contributed by atoms with van der Waals surface area (Å²) >= 11 is 11.9. The second-order valence-corrected chi connectivity index (χ2v) is 4.88. The number of nitrogens with one attached hydrogen (secondary N) is 1. The molecule has 0 bridgehead atoms. The average Bonchev–Trinajstić information content (AvgIpc) is 2.45. The number of halogens is 2. The fourth-order valence-electron chi connectivity index (χ4n) is 1.58. The lowest BCUT2D eigenvalue weighted by atomic mass is 10.0. The highest BCUT2D eigenvalue weighted by molar-refractivity contribution is 6.22. The molecule has 1 aromatic carbocycles. The molecule has 0 aliphatic heterocycles. The number of hydrogen-bond donors (Lipinski definition) is 1. The minimum atomic E-state index is -0.143. The van der Waals surface area contributed by atoms with E-state index >= 15 is 0 Å². The molecule has 1 rings (SSSR count). The van der Waals surface area contributed by atoms with Gasteiger partial charge in [-0.3, -0.25) is 0 Å². The van der Waals surface area contributed by atoms with Crippen molar-refractivity contribution in [3.63, 3.8) is 0 Å². The highest BCUT2D eigenvalue weighted by Crippen LogP contribution is 2.14. The van der Waals surface area contributed by atoms with Crippen molar-refractivity contribution >= 4 is 23.2 Å². The van der Waals surface area contributed by atoms with Crippen LogP contribution in [0.5, 0.6) is 5.75 Å². The van der Waals surface area contributed by atoms with E-state index in [0.29, 0.717) is 18.4 Å². The normalized spacial score (nSPS) is 11.5.